The van der Waals surface area contributed by atoms with E-state index in [1.54, 1.807) is 12.1 Å². The monoisotopic (exact) mass is 359 g/mol. The third kappa shape index (κ3) is 3.58. The van der Waals surface area contributed by atoms with E-state index in [-0.39, 0.29) is 11.0 Å². The zero-order valence-electron chi connectivity index (χ0n) is 14.2. The molecule has 3 rings (SSSR count). The average Bonchev–Trinajstić information content (AvgIpc) is 3.11. The van der Waals surface area contributed by atoms with Crippen molar-refractivity contribution in [2.45, 2.75) is 33.7 Å². The van der Waals surface area contributed by atoms with Crippen LogP contribution in [0.2, 0.25) is 0 Å². The van der Waals surface area contributed by atoms with Gasteiger partial charge in [-0.15, -0.1) is 11.3 Å². The minimum atomic E-state index is -0.345. The van der Waals surface area contributed by atoms with E-state index in [4.69, 9.17) is 0 Å². The fourth-order valence-electron chi connectivity index (χ4n) is 2.64. The quantitative estimate of drug-likeness (QED) is 0.560. The Morgan fingerprint density at radius 3 is 2.92 bits per heavy atom. The van der Waals surface area contributed by atoms with Gasteiger partial charge in [-0.05, 0) is 38.5 Å². The number of hydrazone groups is 1. The van der Waals surface area contributed by atoms with Gasteiger partial charge in [0.05, 0.1) is 27.7 Å². The molecule has 3 aromatic heterocycles. The van der Waals surface area contributed by atoms with Crippen LogP contribution in [0.5, 0.6) is 0 Å². The molecular weight excluding hydrogens is 341 g/mol. The Balaban J connectivity index is 1.91. The molecule has 0 fully saturated rings. The van der Waals surface area contributed by atoms with Crippen molar-refractivity contribution in [3.05, 3.63) is 45.2 Å². The molecule has 0 spiro atoms. The lowest BCUT2D eigenvalue weighted by atomic mass is 10.1. The molecule has 25 heavy (non-hydrogen) atoms. The fraction of sp³-hybridized carbons (Fsp3) is 0.294. The molecule has 1 N–H and O–H groups in total. The molecule has 3 heterocycles. The number of halogens is 1. The lowest BCUT2D eigenvalue weighted by molar-refractivity contribution is 0.0956. The summed E-state index contributed by atoms with van der Waals surface area (Å²) in [5.41, 5.74) is 5.17. The number of rotatable bonds is 5. The van der Waals surface area contributed by atoms with Gasteiger partial charge in [0, 0.05) is 12.2 Å². The molecule has 0 radical (unpaired) electrons. The Bertz CT molecular complexity index is 960. The lowest BCUT2D eigenvalue weighted by Gasteiger charge is -2.05. The highest BCUT2D eigenvalue weighted by Crippen LogP contribution is 2.22. The molecule has 0 unspecified atom stereocenters. The number of carbonyl (C=O) groups excluding carboxylic acids is 1. The van der Waals surface area contributed by atoms with Gasteiger partial charge in [0.2, 0.25) is 0 Å². The molecule has 0 aromatic carbocycles. The molecule has 8 heteroatoms. The van der Waals surface area contributed by atoms with Crippen LogP contribution in [-0.4, -0.2) is 26.9 Å². The molecule has 6 nitrogen and oxygen atoms in total. The SMILES string of the molecule is CCCn1nc(C)c2c(C(=O)NN=Cc3ccc(F)s3)cc(C)nc21. The summed E-state index contributed by atoms with van der Waals surface area (Å²) in [6, 6.07) is 4.68. The van der Waals surface area contributed by atoms with Crippen LogP contribution in [0.1, 0.15) is 40.0 Å². The molecule has 130 valence electrons. The predicted octanol–water partition coefficient (Wildman–Crippen LogP) is 3.42. The van der Waals surface area contributed by atoms with Crippen LogP contribution in [0.4, 0.5) is 4.39 Å². The van der Waals surface area contributed by atoms with Gasteiger partial charge >= 0.3 is 0 Å². The average molecular weight is 359 g/mol. The number of amides is 1. The molecule has 3 aromatic rings. The van der Waals surface area contributed by atoms with E-state index in [1.165, 1.54) is 12.3 Å². The van der Waals surface area contributed by atoms with E-state index in [0.717, 1.165) is 41.1 Å². The highest BCUT2D eigenvalue weighted by Gasteiger charge is 2.18. The zero-order chi connectivity index (χ0) is 18.0. The van der Waals surface area contributed by atoms with Gasteiger partial charge in [-0.3, -0.25) is 4.79 Å². The minimum Gasteiger partial charge on any atom is -0.267 e. The number of nitrogens with one attached hydrogen (secondary N) is 1. The van der Waals surface area contributed by atoms with E-state index in [1.807, 2.05) is 18.5 Å². The smallest absolute Gasteiger partial charge is 0.267 e. The molecule has 0 aliphatic rings. The lowest BCUT2D eigenvalue weighted by Crippen LogP contribution is -2.18. The standard InChI is InChI=1S/C17H18FN5OS/c1-4-7-23-16-15(11(3)22-23)13(8-10(2)20-16)17(24)21-19-9-12-5-6-14(18)25-12/h5-6,8-9H,4,7H2,1-3H3,(H,21,24). The largest absolute Gasteiger partial charge is 0.272 e. The second kappa shape index (κ2) is 7.10. The van der Waals surface area contributed by atoms with Crippen molar-refractivity contribution in [2.75, 3.05) is 0 Å². The molecule has 0 atom stereocenters. The van der Waals surface area contributed by atoms with Gasteiger partial charge in [0.15, 0.2) is 10.8 Å². The number of carbonyl (C=O) groups is 1. The second-order valence-electron chi connectivity index (χ2n) is 5.66. The highest BCUT2D eigenvalue weighted by molar-refractivity contribution is 7.12. The van der Waals surface area contributed by atoms with Crippen LogP contribution in [0.3, 0.4) is 0 Å². The van der Waals surface area contributed by atoms with Gasteiger partial charge in [0.1, 0.15) is 0 Å². The third-order valence-electron chi connectivity index (χ3n) is 3.64. The normalized spacial score (nSPS) is 11.5. The number of aromatic nitrogens is 3. The summed E-state index contributed by atoms with van der Waals surface area (Å²) in [4.78, 5) is 17.7. The summed E-state index contributed by atoms with van der Waals surface area (Å²) in [5.74, 6) is -0.345. The van der Waals surface area contributed by atoms with Crippen molar-refractivity contribution < 1.29 is 9.18 Å². The number of fused-ring (bicyclic) bond motifs is 1. The van der Waals surface area contributed by atoms with Crippen LogP contribution in [0.15, 0.2) is 23.3 Å². The Hall–Kier alpha value is -2.61. The van der Waals surface area contributed by atoms with Crippen LogP contribution in [-0.2, 0) is 6.54 Å². The summed E-state index contributed by atoms with van der Waals surface area (Å²) in [7, 11) is 0. The van der Waals surface area contributed by atoms with E-state index >= 15 is 0 Å². The maximum Gasteiger partial charge on any atom is 0.272 e. The van der Waals surface area contributed by atoms with Crippen LogP contribution < -0.4 is 5.43 Å². The van der Waals surface area contributed by atoms with Gasteiger partial charge in [-0.25, -0.2) is 15.1 Å². The molecule has 0 aliphatic carbocycles. The topological polar surface area (TPSA) is 72.2 Å². The van der Waals surface area contributed by atoms with Crippen molar-refractivity contribution in [1.82, 2.24) is 20.2 Å². The summed E-state index contributed by atoms with van der Waals surface area (Å²) >= 11 is 0.961. The molecule has 0 aliphatic heterocycles. The molecule has 0 saturated carbocycles. The van der Waals surface area contributed by atoms with E-state index < -0.39 is 0 Å². The first-order valence-corrected chi connectivity index (χ1v) is 8.74. The van der Waals surface area contributed by atoms with Crippen LogP contribution >= 0.6 is 11.3 Å². The predicted molar refractivity (Wildman–Crippen MR) is 96.6 cm³/mol. The van der Waals surface area contributed by atoms with E-state index in [2.05, 4.69) is 27.5 Å². The maximum absolute atomic E-state index is 13.0. The zero-order valence-corrected chi connectivity index (χ0v) is 15.0. The third-order valence-corrected chi connectivity index (χ3v) is 4.45. The van der Waals surface area contributed by atoms with Crippen molar-refractivity contribution in [3.63, 3.8) is 0 Å². The summed E-state index contributed by atoms with van der Waals surface area (Å²) in [6.45, 7) is 6.50. The number of nitrogens with zero attached hydrogens (tertiary/aromatic N) is 4. The van der Waals surface area contributed by atoms with Gasteiger partial charge < -0.3 is 0 Å². The number of thiophene rings is 1. The van der Waals surface area contributed by atoms with Crippen molar-refractivity contribution in [2.24, 2.45) is 5.10 Å². The number of hydrogen-bond acceptors (Lipinski definition) is 5. The summed E-state index contributed by atoms with van der Waals surface area (Å²) < 4.78 is 14.8. The Morgan fingerprint density at radius 1 is 1.44 bits per heavy atom. The first-order valence-electron chi connectivity index (χ1n) is 7.93. The first kappa shape index (κ1) is 17.2. The van der Waals surface area contributed by atoms with E-state index in [0.29, 0.717) is 16.1 Å². The van der Waals surface area contributed by atoms with Crippen LogP contribution in [0, 0.1) is 19.0 Å². The van der Waals surface area contributed by atoms with Crippen molar-refractivity contribution in [1.29, 1.82) is 0 Å². The van der Waals surface area contributed by atoms with Crippen LogP contribution in [0.25, 0.3) is 11.0 Å². The number of pyridine rings is 1. The second-order valence-corrected chi connectivity index (χ2v) is 6.72. The van der Waals surface area contributed by atoms with Gasteiger partial charge in [0.25, 0.3) is 5.91 Å². The van der Waals surface area contributed by atoms with Gasteiger partial charge in [-0.2, -0.15) is 14.6 Å². The van der Waals surface area contributed by atoms with E-state index in [9.17, 15) is 9.18 Å². The Labute approximate surface area is 148 Å². The number of aryl methyl sites for hydroxylation is 3. The molecular formula is C17H18FN5OS. The first-order chi connectivity index (χ1) is 12.0. The minimum absolute atomic E-state index is 0.293. The molecule has 1 amide bonds. The number of hydrogen-bond donors (Lipinski definition) is 1. The highest BCUT2D eigenvalue weighted by atomic mass is 32.1. The van der Waals surface area contributed by atoms with Crippen molar-refractivity contribution >= 4 is 34.5 Å². The molecule has 0 bridgehead atoms. The van der Waals surface area contributed by atoms with Crippen molar-refractivity contribution in [3.8, 4) is 0 Å². The molecule has 0 saturated heterocycles. The maximum atomic E-state index is 13.0. The Kier molecular flexibility index (Phi) is 4.89. The summed E-state index contributed by atoms with van der Waals surface area (Å²) in [5, 5.41) is 8.84. The van der Waals surface area contributed by atoms with Gasteiger partial charge in [-0.1, -0.05) is 6.92 Å². The fourth-order valence-corrected chi connectivity index (χ4v) is 3.24. The summed E-state index contributed by atoms with van der Waals surface area (Å²) in [6.07, 6.45) is 2.35. The Morgan fingerprint density at radius 2 is 2.24 bits per heavy atom.